The maximum Gasteiger partial charge on any atom is 0.274 e. The van der Waals surface area contributed by atoms with Crippen molar-refractivity contribution in [1.82, 2.24) is 9.97 Å². The Kier molecular flexibility index (Phi) is 4.81. The van der Waals surface area contributed by atoms with Gasteiger partial charge in [-0.25, -0.2) is 14.4 Å². The Balaban J connectivity index is 1.76. The maximum absolute atomic E-state index is 12.9. The topological polar surface area (TPSA) is 66.9 Å². The molecule has 0 aliphatic heterocycles. The van der Waals surface area contributed by atoms with Crippen molar-refractivity contribution >= 4 is 39.0 Å². The molecule has 7 heteroatoms. The van der Waals surface area contributed by atoms with Gasteiger partial charge in [-0.1, -0.05) is 12.1 Å². The lowest BCUT2D eigenvalue weighted by atomic mass is 10.3. The standard InChI is InChI=1S/C17H12BrFN4O/c18-13-3-1-2-4-14(13)23-17(24)15-9-16(21-10-20-15)22-12-7-5-11(19)6-8-12/h1-10H,(H,23,24)(H,20,21,22). The molecule has 0 aliphatic carbocycles. The van der Waals surface area contributed by atoms with E-state index >= 15 is 0 Å². The van der Waals surface area contributed by atoms with Crippen LogP contribution in [0.2, 0.25) is 0 Å². The number of nitrogens with zero attached hydrogens (tertiary/aromatic N) is 2. The molecule has 0 fully saturated rings. The molecule has 5 nitrogen and oxygen atoms in total. The summed E-state index contributed by atoms with van der Waals surface area (Å²) in [6, 6.07) is 14.6. The fourth-order valence-electron chi connectivity index (χ4n) is 1.98. The lowest BCUT2D eigenvalue weighted by Crippen LogP contribution is -2.14. The Morgan fingerprint density at radius 1 is 1.04 bits per heavy atom. The van der Waals surface area contributed by atoms with E-state index in [-0.39, 0.29) is 17.4 Å². The molecule has 2 aromatic carbocycles. The first-order valence-electron chi connectivity index (χ1n) is 7.02. The Bertz CT molecular complexity index is 870. The van der Waals surface area contributed by atoms with Crippen molar-refractivity contribution in [3.05, 3.63) is 76.9 Å². The minimum Gasteiger partial charge on any atom is -0.340 e. The number of anilines is 3. The van der Waals surface area contributed by atoms with Gasteiger partial charge in [0.1, 0.15) is 23.7 Å². The van der Waals surface area contributed by atoms with Crippen molar-refractivity contribution in [2.45, 2.75) is 0 Å². The van der Waals surface area contributed by atoms with Crippen molar-refractivity contribution < 1.29 is 9.18 Å². The van der Waals surface area contributed by atoms with Crippen molar-refractivity contribution in [3.8, 4) is 0 Å². The van der Waals surface area contributed by atoms with E-state index in [1.807, 2.05) is 18.2 Å². The van der Waals surface area contributed by atoms with E-state index in [0.717, 1.165) is 4.47 Å². The average molecular weight is 387 g/mol. The van der Waals surface area contributed by atoms with Gasteiger partial charge in [0.15, 0.2) is 0 Å². The summed E-state index contributed by atoms with van der Waals surface area (Å²) in [4.78, 5) is 20.4. The number of rotatable bonds is 4. The SMILES string of the molecule is O=C(Nc1ccccc1Br)c1cc(Nc2ccc(F)cc2)ncn1. The van der Waals surface area contributed by atoms with Crippen LogP contribution in [0.1, 0.15) is 10.5 Å². The average Bonchev–Trinajstić information content (AvgIpc) is 2.59. The first-order chi connectivity index (χ1) is 11.6. The molecule has 3 aromatic rings. The Hall–Kier alpha value is -2.80. The lowest BCUT2D eigenvalue weighted by molar-refractivity contribution is 0.102. The molecule has 1 heterocycles. The number of para-hydroxylation sites is 1. The molecule has 120 valence electrons. The molecule has 0 atom stereocenters. The van der Waals surface area contributed by atoms with Crippen molar-refractivity contribution in [3.63, 3.8) is 0 Å². The number of nitrogens with one attached hydrogen (secondary N) is 2. The molecule has 24 heavy (non-hydrogen) atoms. The Labute approximate surface area is 146 Å². The second kappa shape index (κ2) is 7.18. The number of carbonyl (C=O) groups is 1. The number of carbonyl (C=O) groups excluding carboxylic acids is 1. The fourth-order valence-corrected chi connectivity index (χ4v) is 2.36. The molecular weight excluding hydrogens is 375 g/mol. The number of hydrogen-bond acceptors (Lipinski definition) is 4. The fraction of sp³-hybridized carbons (Fsp3) is 0. The summed E-state index contributed by atoms with van der Waals surface area (Å²) in [5, 5.41) is 5.77. The molecule has 1 amide bonds. The second-order valence-corrected chi connectivity index (χ2v) is 5.71. The lowest BCUT2D eigenvalue weighted by Gasteiger charge is -2.08. The van der Waals surface area contributed by atoms with Gasteiger partial charge in [0.25, 0.3) is 5.91 Å². The summed E-state index contributed by atoms with van der Waals surface area (Å²) in [5.74, 6) is -0.239. The van der Waals surface area contributed by atoms with E-state index in [9.17, 15) is 9.18 Å². The Morgan fingerprint density at radius 2 is 1.79 bits per heavy atom. The number of aromatic nitrogens is 2. The third kappa shape index (κ3) is 3.94. The van der Waals surface area contributed by atoms with Crippen LogP contribution >= 0.6 is 15.9 Å². The van der Waals surface area contributed by atoms with Crippen molar-refractivity contribution in [2.24, 2.45) is 0 Å². The quantitative estimate of drug-likeness (QED) is 0.698. The second-order valence-electron chi connectivity index (χ2n) is 4.85. The van der Waals surface area contributed by atoms with Gasteiger partial charge in [-0.2, -0.15) is 0 Å². The van der Waals surface area contributed by atoms with Crippen LogP contribution in [0.15, 0.2) is 65.4 Å². The molecule has 0 saturated carbocycles. The van der Waals surface area contributed by atoms with E-state index in [1.165, 1.54) is 24.5 Å². The van der Waals surface area contributed by atoms with Gasteiger partial charge in [-0.15, -0.1) is 0 Å². The third-order valence-corrected chi connectivity index (χ3v) is 3.83. The van der Waals surface area contributed by atoms with E-state index < -0.39 is 0 Å². The van der Waals surface area contributed by atoms with Crippen LogP contribution < -0.4 is 10.6 Å². The molecule has 0 aliphatic rings. The van der Waals surface area contributed by atoms with Gasteiger partial charge in [0.05, 0.1) is 5.69 Å². The van der Waals surface area contributed by atoms with Crippen LogP contribution in [-0.4, -0.2) is 15.9 Å². The molecule has 0 spiro atoms. The van der Waals surface area contributed by atoms with Gasteiger partial charge in [0, 0.05) is 16.2 Å². The zero-order valence-corrected chi connectivity index (χ0v) is 13.9. The highest BCUT2D eigenvalue weighted by atomic mass is 79.9. The zero-order valence-electron chi connectivity index (χ0n) is 12.3. The first kappa shape index (κ1) is 16.1. The summed E-state index contributed by atoms with van der Waals surface area (Å²) >= 11 is 3.37. The summed E-state index contributed by atoms with van der Waals surface area (Å²) in [5.41, 5.74) is 1.52. The molecule has 1 aromatic heterocycles. The first-order valence-corrected chi connectivity index (χ1v) is 7.81. The summed E-state index contributed by atoms with van der Waals surface area (Å²) in [7, 11) is 0. The van der Waals surface area contributed by atoms with Crippen molar-refractivity contribution in [2.75, 3.05) is 10.6 Å². The minimum atomic E-state index is -0.355. The van der Waals surface area contributed by atoms with E-state index in [0.29, 0.717) is 17.2 Å². The highest BCUT2D eigenvalue weighted by Gasteiger charge is 2.11. The molecule has 0 bridgehead atoms. The molecule has 0 saturated heterocycles. The summed E-state index contributed by atoms with van der Waals surface area (Å²) in [6.45, 7) is 0. The minimum absolute atomic E-state index is 0.213. The Morgan fingerprint density at radius 3 is 2.54 bits per heavy atom. The van der Waals surface area contributed by atoms with E-state index in [1.54, 1.807) is 18.2 Å². The predicted molar refractivity (Wildman–Crippen MR) is 93.8 cm³/mol. The molecule has 2 N–H and O–H groups in total. The number of halogens is 2. The van der Waals surface area contributed by atoms with Crippen molar-refractivity contribution in [1.29, 1.82) is 0 Å². The predicted octanol–water partition coefficient (Wildman–Crippen LogP) is 4.37. The largest absolute Gasteiger partial charge is 0.340 e. The molecule has 0 unspecified atom stereocenters. The van der Waals surface area contributed by atoms with E-state index in [4.69, 9.17) is 0 Å². The third-order valence-electron chi connectivity index (χ3n) is 3.14. The van der Waals surface area contributed by atoms with Gasteiger partial charge in [-0.05, 0) is 52.3 Å². The van der Waals surface area contributed by atoms with Gasteiger partial charge >= 0.3 is 0 Å². The zero-order chi connectivity index (χ0) is 16.9. The highest BCUT2D eigenvalue weighted by molar-refractivity contribution is 9.10. The molecule has 3 rings (SSSR count). The number of hydrogen-bond donors (Lipinski definition) is 2. The van der Waals surface area contributed by atoms with Gasteiger partial charge in [0.2, 0.25) is 0 Å². The van der Waals surface area contributed by atoms with Crippen LogP contribution in [0.4, 0.5) is 21.6 Å². The molecular formula is C17H12BrFN4O. The van der Waals surface area contributed by atoms with Crippen LogP contribution in [0, 0.1) is 5.82 Å². The number of amides is 1. The monoisotopic (exact) mass is 386 g/mol. The summed E-state index contributed by atoms with van der Waals surface area (Å²) in [6.07, 6.45) is 1.29. The van der Waals surface area contributed by atoms with Crippen LogP contribution in [0.5, 0.6) is 0 Å². The smallest absolute Gasteiger partial charge is 0.274 e. The summed E-state index contributed by atoms with van der Waals surface area (Å²) < 4.78 is 13.7. The number of benzene rings is 2. The molecule has 0 radical (unpaired) electrons. The maximum atomic E-state index is 12.9. The van der Waals surface area contributed by atoms with Crippen LogP contribution in [0.25, 0.3) is 0 Å². The normalized spacial score (nSPS) is 10.2. The van der Waals surface area contributed by atoms with Gasteiger partial charge in [-0.3, -0.25) is 4.79 Å². The van der Waals surface area contributed by atoms with Crippen LogP contribution in [-0.2, 0) is 0 Å². The van der Waals surface area contributed by atoms with E-state index in [2.05, 4.69) is 36.5 Å². The highest BCUT2D eigenvalue weighted by Crippen LogP contribution is 2.22. The van der Waals surface area contributed by atoms with Crippen LogP contribution in [0.3, 0.4) is 0 Å². The van der Waals surface area contributed by atoms with Gasteiger partial charge < -0.3 is 10.6 Å².